The maximum absolute atomic E-state index is 12.8. The molecule has 0 spiro atoms. The number of halogens is 3. The van der Waals surface area contributed by atoms with Gasteiger partial charge in [0, 0.05) is 10.4 Å². The standard InChI is InChI=1S/C18H16F3N5O2S/c1-3-14-16(15-13(8-22)24-26(25-15)9-28-10(2)27)23-17(29-14)11-4-6-12(7-5-11)18(19,20)21/h4-7,10,27H,3,9H2,1-2H3. The number of aliphatic hydroxyl groups is 1. The summed E-state index contributed by atoms with van der Waals surface area (Å²) in [4.78, 5) is 6.47. The smallest absolute Gasteiger partial charge is 0.368 e. The molecule has 2 heterocycles. The van der Waals surface area contributed by atoms with Crippen molar-refractivity contribution >= 4 is 11.3 Å². The maximum Gasteiger partial charge on any atom is 0.416 e. The highest BCUT2D eigenvalue weighted by Gasteiger charge is 2.30. The van der Waals surface area contributed by atoms with Gasteiger partial charge in [-0.15, -0.1) is 21.5 Å². The molecular weight excluding hydrogens is 407 g/mol. The number of aryl methyl sites for hydroxylation is 1. The molecule has 1 aromatic carbocycles. The van der Waals surface area contributed by atoms with E-state index in [1.54, 1.807) is 0 Å². The number of nitrogens with zero attached hydrogens (tertiary/aromatic N) is 5. The normalized spacial score (nSPS) is 12.7. The topological polar surface area (TPSA) is 96.8 Å². The highest BCUT2D eigenvalue weighted by molar-refractivity contribution is 7.15. The number of ether oxygens (including phenoxy) is 1. The van der Waals surface area contributed by atoms with Gasteiger partial charge in [-0.05, 0) is 25.5 Å². The zero-order valence-corrected chi connectivity index (χ0v) is 16.3. The summed E-state index contributed by atoms with van der Waals surface area (Å²) in [6.45, 7) is 3.19. The van der Waals surface area contributed by atoms with E-state index in [2.05, 4.69) is 15.2 Å². The molecule has 1 atom stereocenters. The van der Waals surface area contributed by atoms with Crippen LogP contribution in [0.2, 0.25) is 0 Å². The summed E-state index contributed by atoms with van der Waals surface area (Å²) in [7, 11) is 0. The third-order valence-electron chi connectivity index (χ3n) is 3.89. The van der Waals surface area contributed by atoms with E-state index in [-0.39, 0.29) is 18.1 Å². The number of hydrogen-bond donors (Lipinski definition) is 1. The van der Waals surface area contributed by atoms with Crippen molar-refractivity contribution in [3.8, 4) is 28.0 Å². The molecule has 0 amide bonds. The predicted molar refractivity (Wildman–Crippen MR) is 98.4 cm³/mol. The van der Waals surface area contributed by atoms with Crippen LogP contribution in [0.25, 0.3) is 22.0 Å². The number of aliphatic hydroxyl groups excluding tert-OH is 1. The number of rotatable bonds is 6. The van der Waals surface area contributed by atoms with E-state index < -0.39 is 18.0 Å². The van der Waals surface area contributed by atoms with E-state index in [0.717, 1.165) is 21.8 Å². The minimum Gasteiger partial charge on any atom is -0.368 e. The van der Waals surface area contributed by atoms with E-state index in [4.69, 9.17) is 4.74 Å². The van der Waals surface area contributed by atoms with Gasteiger partial charge in [-0.2, -0.15) is 23.2 Å². The van der Waals surface area contributed by atoms with Crippen LogP contribution in [0.1, 0.15) is 30.0 Å². The van der Waals surface area contributed by atoms with Crippen LogP contribution in [-0.4, -0.2) is 31.4 Å². The van der Waals surface area contributed by atoms with Crippen molar-refractivity contribution in [2.75, 3.05) is 0 Å². The van der Waals surface area contributed by atoms with Gasteiger partial charge in [0.1, 0.15) is 16.8 Å². The fourth-order valence-electron chi connectivity index (χ4n) is 2.52. The van der Waals surface area contributed by atoms with Crippen LogP contribution in [0.4, 0.5) is 13.2 Å². The number of alkyl halides is 3. The third kappa shape index (κ3) is 4.61. The van der Waals surface area contributed by atoms with Gasteiger partial charge in [0.25, 0.3) is 0 Å². The van der Waals surface area contributed by atoms with Gasteiger partial charge in [0.15, 0.2) is 24.4 Å². The summed E-state index contributed by atoms with van der Waals surface area (Å²) in [5.74, 6) is 0. The summed E-state index contributed by atoms with van der Waals surface area (Å²) < 4.78 is 43.4. The lowest BCUT2D eigenvalue weighted by Gasteiger charge is -2.06. The van der Waals surface area contributed by atoms with E-state index in [9.17, 15) is 23.5 Å². The van der Waals surface area contributed by atoms with E-state index >= 15 is 0 Å². The number of benzene rings is 1. The molecule has 0 bridgehead atoms. The summed E-state index contributed by atoms with van der Waals surface area (Å²) in [6, 6.07) is 6.70. The molecule has 3 aromatic rings. The monoisotopic (exact) mass is 423 g/mol. The van der Waals surface area contributed by atoms with E-state index in [1.807, 2.05) is 13.0 Å². The first kappa shape index (κ1) is 20.9. The van der Waals surface area contributed by atoms with Crippen molar-refractivity contribution in [3.05, 3.63) is 40.4 Å². The number of thiazole rings is 1. The fraction of sp³-hybridized carbons (Fsp3) is 0.333. The Kier molecular flexibility index (Phi) is 5.97. The first-order valence-electron chi connectivity index (χ1n) is 8.55. The van der Waals surface area contributed by atoms with Gasteiger partial charge in [-0.3, -0.25) is 0 Å². The van der Waals surface area contributed by atoms with Crippen LogP contribution in [-0.2, 0) is 24.1 Å². The van der Waals surface area contributed by atoms with Gasteiger partial charge >= 0.3 is 6.18 Å². The maximum atomic E-state index is 12.8. The minimum atomic E-state index is -4.41. The number of nitriles is 1. The zero-order valence-electron chi connectivity index (χ0n) is 15.4. The Morgan fingerprint density at radius 1 is 1.24 bits per heavy atom. The number of aromatic nitrogens is 4. The summed E-state index contributed by atoms with van der Waals surface area (Å²) >= 11 is 1.32. The van der Waals surface area contributed by atoms with Gasteiger partial charge < -0.3 is 9.84 Å². The van der Waals surface area contributed by atoms with Crippen LogP contribution in [0.5, 0.6) is 0 Å². The first-order valence-corrected chi connectivity index (χ1v) is 9.37. The molecule has 7 nitrogen and oxygen atoms in total. The van der Waals surface area contributed by atoms with Crippen molar-refractivity contribution in [3.63, 3.8) is 0 Å². The van der Waals surface area contributed by atoms with Gasteiger partial charge in [0.2, 0.25) is 0 Å². The van der Waals surface area contributed by atoms with Crippen molar-refractivity contribution in [1.29, 1.82) is 5.26 Å². The quantitative estimate of drug-likeness (QED) is 0.605. The Morgan fingerprint density at radius 3 is 2.48 bits per heavy atom. The lowest BCUT2D eigenvalue weighted by Crippen LogP contribution is -2.13. The summed E-state index contributed by atoms with van der Waals surface area (Å²) in [6.07, 6.45) is -4.84. The molecule has 0 fully saturated rings. The van der Waals surface area contributed by atoms with Crippen molar-refractivity contribution < 1.29 is 23.0 Å². The molecule has 0 saturated heterocycles. The van der Waals surface area contributed by atoms with Crippen molar-refractivity contribution in [2.45, 2.75) is 39.5 Å². The first-order chi connectivity index (χ1) is 13.7. The highest BCUT2D eigenvalue weighted by atomic mass is 32.1. The Morgan fingerprint density at radius 2 is 1.93 bits per heavy atom. The van der Waals surface area contributed by atoms with Crippen molar-refractivity contribution in [1.82, 2.24) is 20.0 Å². The third-order valence-corrected chi connectivity index (χ3v) is 5.14. The average molecular weight is 423 g/mol. The molecule has 1 unspecified atom stereocenters. The Balaban J connectivity index is 1.98. The molecule has 152 valence electrons. The zero-order chi connectivity index (χ0) is 21.2. The van der Waals surface area contributed by atoms with Gasteiger partial charge in [-0.1, -0.05) is 19.1 Å². The van der Waals surface area contributed by atoms with Gasteiger partial charge in [-0.25, -0.2) is 4.98 Å². The molecule has 0 aliphatic rings. The lowest BCUT2D eigenvalue weighted by molar-refractivity contribution is -0.137. The lowest BCUT2D eigenvalue weighted by atomic mass is 10.1. The molecule has 0 saturated carbocycles. The second-order valence-corrected chi connectivity index (χ2v) is 7.08. The molecule has 0 aliphatic carbocycles. The van der Waals surface area contributed by atoms with E-state index in [0.29, 0.717) is 22.7 Å². The molecule has 3 rings (SSSR count). The molecule has 29 heavy (non-hydrogen) atoms. The Hall–Kier alpha value is -2.81. The molecule has 11 heteroatoms. The Labute approximate surface area is 168 Å². The highest BCUT2D eigenvalue weighted by Crippen LogP contribution is 2.36. The second kappa shape index (κ2) is 8.28. The molecule has 0 aliphatic heterocycles. The predicted octanol–water partition coefficient (Wildman–Crippen LogP) is 3.83. The molecule has 1 N–H and O–H groups in total. The number of hydrogen-bond acceptors (Lipinski definition) is 7. The van der Waals surface area contributed by atoms with Crippen LogP contribution in [0, 0.1) is 11.3 Å². The molecular formula is C18H16F3N5O2S. The Bertz CT molecular complexity index is 1040. The second-order valence-electron chi connectivity index (χ2n) is 6.00. The largest absolute Gasteiger partial charge is 0.416 e. The van der Waals surface area contributed by atoms with Gasteiger partial charge in [0.05, 0.1) is 5.56 Å². The van der Waals surface area contributed by atoms with Crippen LogP contribution < -0.4 is 0 Å². The molecule has 0 radical (unpaired) electrons. The summed E-state index contributed by atoms with van der Waals surface area (Å²) in [5, 5.41) is 27.4. The fourth-order valence-corrected chi connectivity index (χ4v) is 3.52. The SMILES string of the molecule is CCc1sc(-c2ccc(C(F)(F)F)cc2)nc1-c1nn(COC(C)O)nc1C#N. The van der Waals surface area contributed by atoms with Crippen LogP contribution >= 0.6 is 11.3 Å². The summed E-state index contributed by atoms with van der Waals surface area (Å²) in [5.41, 5.74) is 0.548. The molecule has 2 aromatic heterocycles. The van der Waals surface area contributed by atoms with Crippen LogP contribution in [0.3, 0.4) is 0 Å². The average Bonchev–Trinajstić information content (AvgIpc) is 3.29. The minimum absolute atomic E-state index is 0.0400. The van der Waals surface area contributed by atoms with E-state index in [1.165, 1.54) is 30.4 Å². The van der Waals surface area contributed by atoms with Crippen LogP contribution in [0.15, 0.2) is 24.3 Å². The van der Waals surface area contributed by atoms with Crippen molar-refractivity contribution in [2.24, 2.45) is 0 Å².